The number of para-hydroxylation sites is 4. The Bertz CT molecular complexity index is 869. The molecule has 0 saturated heterocycles. The first-order chi connectivity index (χ1) is 13.7. The SMILES string of the molecule is O=C(COC(=O)[C@H]1COc2ccccc2O1)NC[C@H]1COc2ccccc2O1. The molecule has 0 fully saturated rings. The van der Waals surface area contributed by atoms with Gasteiger partial charge in [-0.25, -0.2) is 4.79 Å². The van der Waals surface area contributed by atoms with Gasteiger partial charge in [-0.15, -0.1) is 0 Å². The smallest absolute Gasteiger partial charge is 0.351 e. The van der Waals surface area contributed by atoms with E-state index in [4.69, 9.17) is 23.7 Å². The van der Waals surface area contributed by atoms with Crippen molar-refractivity contribution in [1.82, 2.24) is 5.32 Å². The number of ether oxygens (including phenoxy) is 5. The van der Waals surface area contributed by atoms with Crippen molar-refractivity contribution in [3.8, 4) is 23.0 Å². The zero-order valence-electron chi connectivity index (χ0n) is 15.0. The maximum absolute atomic E-state index is 12.1. The molecular formula is C20H19NO7. The van der Waals surface area contributed by atoms with Gasteiger partial charge < -0.3 is 29.0 Å². The molecule has 2 heterocycles. The van der Waals surface area contributed by atoms with E-state index in [1.807, 2.05) is 24.3 Å². The lowest BCUT2D eigenvalue weighted by Crippen LogP contribution is -2.43. The zero-order valence-corrected chi connectivity index (χ0v) is 15.0. The van der Waals surface area contributed by atoms with Gasteiger partial charge in [-0.05, 0) is 24.3 Å². The highest BCUT2D eigenvalue weighted by Crippen LogP contribution is 2.31. The van der Waals surface area contributed by atoms with Gasteiger partial charge in [0.15, 0.2) is 29.6 Å². The van der Waals surface area contributed by atoms with E-state index in [-0.39, 0.29) is 19.3 Å². The van der Waals surface area contributed by atoms with E-state index in [0.717, 1.165) is 0 Å². The summed E-state index contributed by atoms with van der Waals surface area (Å²) in [6.45, 7) is 0.180. The minimum absolute atomic E-state index is 0.0319. The Morgan fingerprint density at radius 3 is 2.21 bits per heavy atom. The molecule has 1 amide bonds. The summed E-state index contributed by atoms with van der Waals surface area (Å²) in [6, 6.07) is 14.4. The van der Waals surface area contributed by atoms with Crippen LogP contribution >= 0.6 is 0 Å². The topological polar surface area (TPSA) is 92.3 Å². The normalized spacial score (nSPS) is 19.4. The van der Waals surface area contributed by atoms with Gasteiger partial charge in [0.25, 0.3) is 5.91 Å². The van der Waals surface area contributed by atoms with Gasteiger partial charge >= 0.3 is 5.97 Å². The van der Waals surface area contributed by atoms with Crippen molar-refractivity contribution in [3.05, 3.63) is 48.5 Å². The molecule has 2 aliphatic heterocycles. The number of nitrogens with one attached hydrogen (secondary N) is 1. The quantitative estimate of drug-likeness (QED) is 0.776. The van der Waals surface area contributed by atoms with Crippen LogP contribution in [0.25, 0.3) is 0 Å². The van der Waals surface area contributed by atoms with Crippen LogP contribution in [-0.4, -0.2) is 50.4 Å². The first-order valence-corrected chi connectivity index (χ1v) is 8.89. The molecular weight excluding hydrogens is 366 g/mol. The molecule has 8 nitrogen and oxygen atoms in total. The maximum atomic E-state index is 12.1. The van der Waals surface area contributed by atoms with Gasteiger partial charge in [0.1, 0.15) is 19.3 Å². The Hall–Kier alpha value is -3.42. The molecule has 8 heteroatoms. The van der Waals surface area contributed by atoms with E-state index in [9.17, 15) is 9.59 Å². The molecule has 0 aromatic heterocycles. The molecule has 0 bridgehead atoms. The highest BCUT2D eigenvalue weighted by Gasteiger charge is 2.29. The predicted molar refractivity (Wildman–Crippen MR) is 96.7 cm³/mol. The molecule has 4 rings (SSSR count). The van der Waals surface area contributed by atoms with Crippen LogP contribution in [0.5, 0.6) is 23.0 Å². The number of hydrogen-bond acceptors (Lipinski definition) is 7. The van der Waals surface area contributed by atoms with Crippen molar-refractivity contribution >= 4 is 11.9 Å². The van der Waals surface area contributed by atoms with Crippen molar-refractivity contribution < 1.29 is 33.3 Å². The molecule has 2 atom stereocenters. The third-order valence-corrected chi connectivity index (χ3v) is 4.21. The zero-order chi connectivity index (χ0) is 19.3. The molecule has 1 N–H and O–H groups in total. The number of fused-ring (bicyclic) bond motifs is 2. The molecule has 2 aromatic rings. The largest absolute Gasteiger partial charge is 0.486 e. The van der Waals surface area contributed by atoms with Gasteiger partial charge in [-0.2, -0.15) is 0 Å². The Morgan fingerprint density at radius 2 is 1.50 bits per heavy atom. The van der Waals surface area contributed by atoms with Crippen molar-refractivity contribution in [2.24, 2.45) is 0 Å². The standard InChI is InChI=1S/C20H19NO7/c22-19(21-9-13-10-24-14-5-1-3-7-16(14)27-13)12-26-20(23)18-11-25-15-6-2-4-8-17(15)28-18/h1-8,13,18H,9-12H2,(H,21,22)/t13-,18+/m0/s1. The first-order valence-electron chi connectivity index (χ1n) is 8.89. The van der Waals surface area contributed by atoms with Crippen LogP contribution in [0.2, 0.25) is 0 Å². The Labute approximate surface area is 161 Å². The highest BCUT2D eigenvalue weighted by atomic mass is 16.6. The Kier molecular flexibility index (Phi) is 5.18. The summed E-state index contributed by atoms with van der Waals surface area (Å²) < 4.78 is 27.4. The van der Waals surface area contributed by atoms with E-state index >= 15 is 0 Å². The Balaban J connectivity index is 1.19. The lowest BCUT2D eigenvalue weighted by atomic mass is 10.2. The number of carbonyl (C=O) groups is 2. The fraction of sp³-hybridized carbons (Fsp3) is 0.300. The fourth-order valence-electron chi connectivity index (χ4n) is 2.81. The van der Waals surface area contributed by atoms with Crippen LogP contribution in [0, 0.1) is 0 Å². The van der Waals surface area contributed by atoms with Crippen LogP contribution in [0.3, 0.4) is 0 Å². The molecule has 2 aromatic carbocycles. The number of amides is 1. The molecule has 0 saturated carbocycles. The van der Waals surface area contributed by atoms with Crippen molar-refractivity contribution in [2.75, 3.05) is 26.4 Å². The summed E-state index contributed by atoms with van der Waals surface area (Å²) in [5.41, 5.74) is 0. The van der Waals surface area contributed by atoms with Gasteiger partial charge in [0.05, 0.1) is 6.54 Å². The lowest BCUT2D eigenvalue weighted by molar-refractivity contribution is -0.157. The van der Waals surface area contributed by atoms with Gasteiger partial charge in [-0.1, -0.05) is 24.3 Å². The minimum atomic E-state index is -0.908. The lowest BCUT2D eigenvalue weighted by Gasteiger charge is -2.26. The van der Waals surface area contributed by atoms with Crippen LogP contribution in [-0.2, 0) is 14.3 Å². The molecule has 2 aliphatic rings. The van der Waals surface area contributed by atoms with Crippen LogP contribution in [0.15, 0.2) is 48.5 Å². The minimum Gasteiger partial charge on any atom is -0.486 e. The molecule has 146 valence electrons. The summed E-state index contributed by atoms with van der Waals surface area (Å²) >= 11 is 0. The monoisotopic (exact) mass is 385 g/mol. The van der Waals surface area contributed by atoms with Crippen LogP contribution in [0.4, 0.5) is 0 Å². The third kappa shape index (κ3) is 4.11. The number of rotatable bonds is 5. The van der Waals surface area contributed by atoms with E-state index < -0.39 is 24.6 Å². The second kappa shape index (κ2) is 8.08. The van der Waals surface area contributed by atoms with Crippen LogP contribution in [0.1, 0.15) is 0 Å². The number of benzene rings is 2. The summed E-state index contributed by atoms with van der Waals surface area (Å²) in [5, 5.41) is 2.66. The first kappa shape index (κ1) is 18.0. The Morgan fingerprint density at radius 1 is 0.893 bits per heavy atom. The third-order valence-electron chi connectivity index (χ3n) is 4.21. The average molecular weight is 385 g/mol. The van der Waals surface area contributed by atoms with E-state index in [2.05, 4.69) is 5.32 Å². The second-order valence-electron chi connectivity index (χ2n) is 6.27. The van der Waals surface area contributed by atoms with Gasteiger partial charge in [0.2, 0.25) is 6.10 Å². The fourth-order valence-corrected chi connectivity index (χ4v) is 2.81. The second-order valence-corrected chi connectivity index (χ2v) is 6.27. The number of carbonyl (C=O) groups excluding carboxylic acids is 2. The van der Waals surface area contributed by atoms with E-state index in [1.165, 1.54) is 0 Å². The highest BCUT2D eigenvalue weighted by molar-refractivity contribution is 5.82. The van der Waals surface area contributed by atoms with Crippen molar-refractivity contribution in [1.29, 1.82) is 0 Å². The average Bonchev–Trinajstić information content (AvgIpc) is 2.75. The summed E-state index contributed by atoms with van der Waals surface area (Å²) in [4.78, 5) is 24.1. The molecule has 28 heavy (non-hydrogen) atoms. The van der Waals surface area contributed by atoms with Gasteiger partial charge in [-0.3, -0.25) is 4.79 Å². The molecule has 0 unspecified atom stereocenters. The molecule has 0 radical (unpaired) electrons. The molecule has 0 spiro atoms. The van der Waals surface area contributed by atoms with Crippen molar-refractivity contribution in [2.45, 2.75) is 12.2 Å². The summed E-state index contributed by atoms with van der Waals surface area (Å²) in [7, 11) is 0. The molecule has 0 aliphatic carbocycles. The predicted octanol–water partition coefficient (Wildman–Crippen LogP) is 1.33. The number of hydrogen-bond donors (Lipinski definition) is 1. The maximum Gasteiger partial charge on any atom is 0.351 e. The summed E-state index contributed by atoms with van der Waals surface area (Å²) in [6.07, 6.45) is -1.23. The van der Waals surface area contributed by atoms with Crippen molar-refractivity contribution in [3.63, 3.8) is 0 Å². The van der Waals surface area contributed by atoms with Gasteiger partial charge in [0, 0.05) is 0 Å². The number of esters is 1. The van der Waals surface area contributed by atoms with Crippen LogP contribution < -0.4 is 24.3 Å². The van der Waals surface area contributed by atoms with E-state index in [1.54, 1.807) is 24.3 Å². The van der Waals surface area contributed by atoms with E-state index in [0.29, 0.717) is 29.6 Å². The summed E-state index contributed by atoms with van der Waals surface area (Å²) in [5.74, 6) is 1.25.